The van der Waals surface area contributed by atoms with Gasteiger partial charge in [0, 0.05) is 12.6 Å². The predicted octanol–water partition coefficient (Wildman–Crippen LogP) is 9.54. The molecule has 14 heteroatoms. The number of ether oxygens (including phenoxy) is 11. The smallest absolute Gasteiger partial charge is 0.338 e. The van der Waals surface area contributed by atoms with Gasteiger partial charge in [0.1, 0.15) is 19.0 Å². The van der Waals surface area contributed by atoms with E-state index in [1.807, 2.05) is 24.3 Å². The van der Waals surface area contributed by atoms with Crippen molar-refractivity contribution in [3.05, 3.63) is 59.7 Å². The van der Waals surface area contributed by atoms with Crippen LogP contribution >= 0.6 is 0 Å². The molecule has 0 saturated heterocycles. The highest BCUT2D eigenvalue weighted by Gasteiger charge is 2.07. The lowest BCUT2D eigenvalue weighted by molar-refractivity contribution is -0.145. The normalized spacial score (nSPS) is 11.4. The van der Waals surface area contributed by atoms with Crippen LogP contribution in [0.3, 0.4) is 0 Å². The average molecular weight is 918 g/mol. The zero-order valence-corrected chi connectivity index (χ0v) is 40.0. The molecule has 2 rings (SSSR count). The van der Waals surface area contributed by atoms with E-state index in [0.29, 0.717) is 111 Å². The van der Waals surface area contributed by atoms with E-state index in [1.165, 1.54) is 83.5 Å². The number of nitrogens with zero attached hydrogens (tertiary/aromatic N) is 1. The Bertz CT molecular complexity index is 1390. The molecule has 14 nitrogen and oxygen atoms in total. The second-order valence-corrected chi connectivity index (χ2v) is 15.5. The molecule has 0 heterocycles. The third kappa shape index (κ3) is 36.3. The molecule has 0 N–H and O–H groups in total. The van der Waals surface area contributed by atoms with E-state index in [0.717, 1.165) is 29.8 Å². The molecular formula is C51H83NO13. The number of hydrogen-bond donors (Lipinski definition) is 0. The molecule has 370 valence electrons. The number of esters is 2. The van der Waals surface area contributed by atoms with Gasteiger partial charge in [0.2, 0.25) is 0 Å². The van der Waals surface area contributed by atoms with Gasteiger partial charge in [-0.1, -0.05) is 96.8 Å². The number of aliphatic imine (C=N–C) groups is 1. The van der Waals surface area contributed by atoms with E-state index < -0.39 is 5.97 Å². The standard InChI is InChI=1S/C51H83NO13/c1-3-4-5-6-7-8-9-10-11-12-13-14-15-16-17-18-50(53)64-43-41-62-39-37-60-35-33-58-31-29-56-27-28-57-30-32-59-34-36-61-38-40-63-42-44-65-51(54)47-21-23-48(24-22-47)52-45-46-19-25-49(55-2)26-20-46/h19-26,45H,3-18,27-44H2,1-2H3. The van der Waals surface area contributed by atoms with Crippen LogP contribution in [-0.4, -0.2) is 144 Å². The maximum atomic E-state index is 12.3. The van der Waals surface area contributed by atoms with Crippen molar-refractivity contribution in [3.8, 4) is 5.75 Å². The number of hydrogen-bond acceptors (Lipinski definition) is 14. The summed E-state index contributed by atoms with van der Waals surface area (Å²) in [7, 11) is 1.63. The topological polar surface area (TPSA) is 148 Å². The average Bonchev–Trinajstić information content (AvgIpc) is 3.33. The van der Waals surface area contributed by atoms with Gasteiger partial charge in [0.25, 0.3) is 0 Å². The second-order valence-electron chi connectivity index (χ2n) is 15.5. The van der Waals surface area contributed by atoms with Gasteiger partial charge in [0.05, 0.1) is 124 Å². The van der Waals surface area contributed by atoms with Crippen LogP contribution in [0.25, 0.3) is 0 Å². The Balaban J connectivity index is 1.20. The Morgan fingerprint density at radius 3 is 1.17 bits per heavy atom. The Kier molecular flexibility index (Phi) is 39.4. The first-order valence-corrected chi connectivity index (χ1v) is 24.3. The Hall–Kier alpha value is -3.47. The van der Waals surface area contributed by atoms with Crippen molar-refractivity contribution in [1.29, 1.82) is 0 Å². The van der Waals surface area contributed by atoms with Crippen molar-refractivity contribution in [2.45, 2.75) is 110 Å². The summed E-state index contributed by atoms with van der Waals surface area (Å²) in [6.45, 7) is 9.73. The molecule has 0 spiro atoms. The quantitative estimate of drug-likeness (QED) is 0.0353. The largest absolute Gasteiger partial charge is 0.497 e. The minimum Gasteiger partial charge on any atom is -0.497 e. The molecule has 65 heavy (non-hydrogen) atoms. The van der Waals surface area contributed by atoms with E-state index >= 15 is 0 Å². The van der Waals surface area contributed by atoms with Crippen molar-refractivity contribution in [1.82, 2.24) is 0 Å². The lowest BCUT2D eigenvalue weighted by Crippen LogP contribution is -2.15. The molecule has 0 aliphatic rings. The summed E-state index contributed by atoms with van der Waals surface area (Å²) in [4.78, 5) is 28.7. The van der Waals surface area contributed by atoms with E-state index in [9.17, 15) is 9.59 Å². The predicted molar refractivity (Wildman–Crippen MR) is 254 cm³/mol. The first-order valence-electron chi connectivity index (χ1n) is 24.3. The molecule has 0 aliphatic carbocycles. The molecule has 0 amide bonds. The summed E-state index contributed by atoms with van der Waals surface area (Å²) in [6.07, 6.45) is 21.9. The van der Waals surface area contributed by atoms with E-state index in [1.54, 1.807) is 37.6 Å². The molecular weight excluding hydrogens is 835 g/mol. The fourth-order valence-electron chi connectivity index (χ4n) is 6.37. The van der Waals surface area contributed by atoms with Crippen LogP contribution in [-0.2, 0) is 52.2 Å². The van der Waals surface area contributed by atoms with E-state index in [4.69, 9.17) is 52.1 Å². The molecule has 0 fully saturated rings. The number of carbonyl (C=O) groups is 2. The maximum Gasteiger partial charge on any atom is 0.338 e. The van der Waals surface area contributed by atoms with E-state index in [2.05, 4.69) is 11.9 Å². The van der Waals surface area contributed by atoms with Crippen LogP contribution in [0.1, 0.15) is 126 Å². The molecule has 0 saturated carbocycles. The minimum atomic E-state index is -0.417. The van der Waals surface area contributed by atoms with Crippen molar-refractivity contribution in [2.75, 3.05) is 126 Å². The highest BCUT2D eigenvalue weighted by atomic mass is 16.6. The van der Waals surface area contributed by atoms with Crippen LogP contribution in [0, 0.1) is 0 Å². The van der Waals surface area contributed by atoms with E-state index in [-0.39, 0.29) is 25.8 Å². The molecule has 0 unspecified atom stereocenters. The number of carbonyl (C=O) groups excluding carboxylic acids is 2. The zero-order chi connectivity index (χ0) is 46.4. The summed E-state index contributed by atoms with van der Waals surface area (Å²) in [5, 5.41) is 0. The Labute approximate surface area is 390 Å². The van der Waals surface area contributed by atoms with Crippen LogP contribution in [0.15, 0.2) is 53.5 Å². The number of rotatable bonds is 47. The highest BCUT2D eigenvalue weighted by Crippen LogP contribution is 2.16. The Morgan fingerprint density at radius 2 is 0.785 bits per heavy atom. The number of unbranched alkanes of at least 4 members (excludes halogenated alkanes) is 14. The zero-order valence-electron chi connectivity index (χ0n) is 40.0. The summed E-state index contributed by atoms with van der Waals surface area (Å²) in [6, 6.07) is 14.5. The van der Waals surface area contributed by atoms with Gasteiger partial charge >= 0.3 is 11.9 Å². The van der Waals surface area contributed by atoms with Crippen LogP contribution in [0.4, 0.5) is 5.69 Å². The van der Waals surface area contributed by atoms with Gasteiger partial charge in [-0.15, -0.1) is 0 Å². The van der Waals surface area contributed by atoms with Gasteiger partial charge in [0.15, 0.2) is 0 Å². The number of methoxy groups -OCH3 is 1. The fourth-order valence-corrected chi connectivity index (χ4v) is 6.37. The van der Waals surface area contributed by atoms with Gasteiger partial charge in [-0.25, -0.2) is 4.79 Å². The molecule has 0 radical (unpaired) electrons. The monoisotopic (exact) mass is 918 g/mol. The SMILES string of the molecule is CCCCCCCCCCCCCCCCCC(=O)OCCOCCOCCOCCOCCOCCOCCOCCOCCOC(=O)c1ccc(N=Cc2ccc(OC)cc2)cc1. The molecule has 0 bridgehead atoms. The fraction of sp³-hybridized carbons (Fsp3) is 0.706. The summed E-state index contributed by atoms with van der Waals surface area (Å²) < 4.78 is 59.8. The van der Waals surface area contributed by atoms with Gasteiger partial charge in [-0.2, -0.15) is 0 Å². The van der Waals surface area contributed by atoms with Crippen molar-refractivity contribution in [2.24, 2.45) is 4.99 Å². The summed E-state index contributed by atoms with van der Waals surface area (Å²) in [5.74, 6) is 0.232. The van der Waals surface area contributed by atoms with Crippen LogP contribution in [0.2, 0.25) is 0 Å². The molecule has 2 aromatic rings. The summed E-state index contributed by atoms with van der Waals surface area (Å²) >= 11 is 0. The summed E-state index contributed by atoms with van der Waals surface area (Å²) in [5.41, 5.74) is 2.12. The number of benzene rings is 2. The van der Waals surface area contributed by atoms with Gasteiger partial charge < -0.3 is 52.1 Å². The molecule has 0 atom stereocenters. The lowest BCUT2D eigenvalue weighted by atomic mass is 10.0. The van der Waals surface area contributed by atoms with Crippen LogP contribution < -0.4 is 4.74 Å². The second kappa shape index (κ2) is 44.4. The van der Waals surface area contributed by atoms with Crippen molar-refractivity contribution in [3.63, 3.8) is 0 Å². The first-order chi connectivity index (χ1) is 32.1. The third-order valence-corrected chi connectivity index (χ3v) is 10.1. The first kappa shape index (κ1) is 57.7. The lowest BCUT2D eigenvalue weighted by Gasteiger charge is -2.09. The highest BCUT2D eigenvalue weighted by molar-refractivity contribution is 5.90. The molecule has 2 aromatic carbocycles. The molecule has 0 aliphatic heterocycles. The van der Waals surface area contributed by atoms with Gasteiger partial charge in [-0.05, 0) is 60.5 Å². The van der Waals surface area contributed by atoms with Crippen molar-refractivity contribution < 1.29 is 61.7 Å². The maximum absolute atomic E-state index is 12.3. The molecule has 0 aromatic heterocycles. The van der Waals surface area contributed by atoms with Crippen LogP contribution in [0.5, 0.6) is 5.75 Å². The minimum absolute atomic E-state index is 0.137. The van der Waals surface area contributed by atoms with Crippen molar-refractivity contribution >= 4 is 23.8 Å². The van der Waals surface area contributed by atoms with Gasteiger partial charge in [-0.3, -0.25) is 9.79 Å². The Morgan fingerprint density at radius 1 is 0.431 bits per heavy atom. The third-order valence-electron chi connectivity index (χ3n) is 10.1.